The van der Waals surface area contributed by atoms with Crippen LogP contribution in [0.4, 0.5) is 0 Å². The lowest BCUT2D eigenvalue weighted by Gasteiger charge is -2.49. The van der Waals surface area contributed by atoms with Crippen LogP contribution < -0.4 is 0 Å². The average Bonchev–Trinajstić information content (AvgIpc) is 2.70. The summed E-state index contributed by atoms with van der Waals surface area (Å²) in [5, 5.41) is 30.2. The molecule has 2 saturated carbocycles. The number of aliphatic hydroxyl groups excluding tert-OH is 2. The van der Waals surface area contributed by atoms with Crippen molar-refractivity contribution in [3.63, 3.8) is 0 Å². The Balaban J connectivity index is 1.71. The van der Waals surface area contributed by atoms with E-state index in [0.717, 1.165) is 32.1 Å². The van der Waals surface area contributed by atoms with E-state index in [1.165, 1.54) is 11.1 Å². The van der Waals surface area contributed by atoms with Crippen LogP contribution in [-0.2, 0) is 6.42 Å². The number of rotatable bonds is 0. The van der Waals surface area contributed by atoms with Gasteiger partial charge in [0.25, 0.3) is 0 Å². The number of fused-ring (bicyclic) bond motifs is 5. The van der Waals surface area contributed by atoms with E-state index in [9.17, 15) is 15.3 Å². The van der Waals surface area contributed by atoms with Gasteiger partial charge in [-0.1, -0.05) is 13.0 Å². The first-order valence-electron chi connectivity index (χ1n) is 8.18. The van der Waals surface area contributed by atoms with Gasteiger partial charge >= 0.3 is 0 Å². The summed E-state index contributed by atoms with van der Waals surface area (Å²) in [6.45, 7) is 2.17. The van der Waals surface area contributed by atoms with Crippen molar-refractivity contribution in [3.05, 3.63) is 29.3 Å². The third kappa shape index (κ3) is 1.80. The first-order valence-corrected chi connectivity index (χ1v) is 8.18. The summed E-state index contributed by atoms with van der Waals surface area (Å²) in [5.41, 5.74) is 2.57. The largest absolute Gasteiger partial charge is 0.508 e. The highest BCUT2D eigenvalue weighted by Gasteiger charge is 2.57. The second-order valence-electron chi connectivity index (χ2n) is 7.59. The van der Waals surface area contributed by atoms with Crippen molar-refractivity contribution in [1.29, 1.82) is 0 Å². The zero-order valence-corrected chi connectivity index (χ0v) is 12.5. The van der Waals surface area contributed by atoms with Crippen molar-refractivity contribution in [2.45, 2.75) is 57.2 Å². The summed E-state index contributed by atoms with van der Waals surface area (Å²) < 4.78 is 0. The van der Waals surface area contributed by atoms with Gasteiger partial charge in [-0.05, 0) is 78.5 Å². The molecule has 0 amide bonds. The molecule has 2 fully saturated rings. The van der Waals surface area contributed by atoms with E-state index in [0.29, 0.717) is 23.5 Å². The minimum atomic E-state index is -0.565. The summed E-state index contributed by atoms with van der Waals surface area (Å²) in [6, 6.07) is 5.80. The molecule has 3 heteroatoms. The SMILES string of the molecule is C[C@@]12CC[C@H]3c4ccc(O)cc4CC[C@H]3[C@H]1C[C@@H](O)[C@@H]2O. The Morgan fingerprint density at radius 3 is 2.81 bits per heavy atom. The van der Waals surface area contributed by atoms with Gasteiger partial charge in [0.1, 0.15) is 5.75 Å². The van der Waals surface area contributed by atoms with Crippen molar-refractivity contribution in [2.24, 2.45) is 17.3 Å². The molecule has 0 unspecified atom stereocenters. The molecule has 0 spiro atoms. The molecule has 21 heavy (non-hydrogen) atoms. The third-order valence-electron chi connectivity index (χ3n) is 6.68. The predicted molar refractivity (Wildman–Crippen MR) is 80.1 cm³/mol. The number of aryl methyl sites for hydroxylation is 1. The van der Waals surface area contributed by atoms with E-state index in [2.05, 4.69) is 13.0 Å². The molecule has 114 valence electrons. The van der Waals surface area contributed by atoms with E-state index >= 15 is 0 Å². The summed E-state index contributed by atoms with van der Waals surface area (Å²) in [6.07, 6.45) is 3.80. The molecule has 0 saturated heterocycles. The zero-order valence-electron chi connectivity index (χ0n) is 12.5. The second-order valence-corrected chi connectivity index (χ2v) is 7.59. The maximum absolute atomic E-state index is 10.4. The lowest BCUT2D eigenvalue weighted by Crippen LogP contribution is -2.44. The molecule has 4 rings (SSSR count). The molecule has 0 aliphatic heterocycles. The second kappa shape index (κ2) is 4.47. The molecule has 0 bridgehead atoms. The Morgan fingerprint density at radius 2 is 2.00 bits per heavy atom. The van der Waals surface area contributed by atoms with Gasteiger partial charge in [0.15, 0.2) is 0 Å². The van der Waals surface area contributed by atoms with Gasteiger partial charge in [-0.25, -0.2) is 0 Å². The number of phenols is 1. The topological polar surface area (TPSA) is 60.7 Å². The Bertz CT molecular complexity index is 570. The van der Waals surface area contributed by atoms with Crippen LogP contribution in [0.25, 0.3) is 0 Å². The number of phenolic OH excluding ortho intramolecular Hbond substituents is 1. The predicted octanol–water partition coefficient (Wildman–Crippen LogP) is 2.58. The Hall–Kier alpha value is -1.06. The van der Waals surface area contributed by atoms with Crippen molar-refractivity contribution in [1.82, 2.24) is 0 Å². The highest BCUT2D eigenvalue weighted by atomic mass is 16.3. The minimum absolute atomic E-state index is 0.116. The zero-order chi connectivity index (χ0) is 14.8. The van der Waals surface area contributed by atoms with E-state index in [4.69, 9.17) is 0 Å². The van der Waals surface area contributed by atoms with Crippen LogP contribution in [-0.4, -0.2) is 27.5 Å². The van der Waals surface area contributed by atoms with Crippen molar-refractivity contribution < 1.29 is 15.3 Å². The summed E-state index contributed by atoms with van der Waals surface area (Å²) in [7, 11) is 0. The maximum atomic E-state index is 10.4. The molecule has 1 aromatic rings. The smallest absolute Gasteiger partial charge is 0.115 e. The first kappa shape index (κ1) is 13.6. The summed E-state index contributed by atoms with van der Waals surface area (Å²) in [4.78, 5) is 0. The fraction of sp³-hybridized carbons (Fsp3) is 0.667. The van der Waals surface area contributed by atoms with Gasteiger partial charge in [-0.3, -0.25) is 0 Å². The standard InChI is InChI=1S/C18H24O3/c1-18-7-6-13-12-5-3-11(19)8-10(12)2-4-14(13)15(18)9-16(20)17(18)21/h3,5,8,13-17,19-21H,2,4,6-7,9H2,1H3/t13-,14+,15+,16+,17-,18+/m0/s1. The van der Waals surface area contributed by atoms with E-state index in [-0.39, 0.29) is 5.41 Å². The lowest BCUT2D eigenvalue weighted by atomic mass is 9.55. The van der Waals surface area contributed by atoms with Crippen LogP contribution in [0.2, 0.25) is 0 Å². The Morgan fingerprint density at radius 1 is 1.19 bits per heavy atom. The number of aromatic hydroxyl groups is 1. The van der Waals surface area contributed by atoms with Crippen LogP contribution in [0.3, 0.4) is 0 Å². The Labute approximate surface area is 125 Å². The number of aliphatic hydroxyl groups is 2. The summed E-state index contributed by atoms with van der Waals surface area (Å²) >= 11 is 0. The van der Waals surface area contributed by atoms with Gasteiger partial charge in [-0.2, -0.15) is 0 Å². The quantitative estimate of drug-likeness (QED) is 0.687. The van der Waals surface area contributed by atoms with Crippen molar-refractivity contribution in [2.75, 3.05) is 0 Å². The molecule has 1 aromatic carbocycles. The highest BCUT2D eigenvalue weighted by Crippen LogP contribution is 2.60. The normalized spacial score (nSPS) is 44.8. The fourth-order valence-electron chi connectivity index (χ4n) is 5.56. The van der Waals surface area contributed by atoms with Gasteiger partial charge in [0, 0.05) is 0 Å². The average molecular weight is 288 g/mol. The number of benzene rings is 1. The van der Waals surface area contributed by atoms with Crippen molar-refractivity contribution in [3.8, 4) is 5.75 Å². The Kier molecular flexibility index (Phi) is 2.89. The van der Waals surface area contributed by atoms with Crippen molar-refractivity contribution >= 4 is 0 Å². The van der Waals surface area contributed by atoms with Gasteiger partial charge < -0.3 is 15.3 Å². The molecular weight excluding hydrogens is 264 g/mol. The van der Waals surface area contributed by atoms with Gasteiger partial charge in [0.2, 0.25) is 0 Å². The molecule has 0 heterocycles. The number of hydrogen-bond donors (Lipinski definition) is 3. The van der Waals surface area contributed by atoms with Crippen LogP contribution in [0, 0.1) is 17.3 Å². The van der Waals surface area contributed by atoms with E-state index in [1.807, 2.05) is 6.07 Å². The third-order valence-corrected chi connectivity index (χ3v) is 6.68. The van der Waals surface area contributed by atoms with Crippen LogP contribution in [0.15, 0.2) is 18.2 Å². The van der Waals surface area contributed by atoms with Gasteiger partial charge in [-0.15, -0.1) is 0 Å². The molecule has 6 atom stereocenters. The van der Waals surface area contributed by atoms with Crippen LogP contribution in [0.5, 0.6) is 5.75 Å². The first-order chi connectivity index (χ1) is 10.0. The summed E-state index contributed by atoms with van der Waals surface area (Å²) in [5.74, 6) is 1.88. The fourth-order valence-corrected chi connectivity index (χ4v) is 5.56. The highest BCUT2D eigenvalue weighted by molar-refractivity contribution is 5.40. The maximum Gasteiger partial charge on any atom is 0.115 e. The molecule has 3 aliphatic rings. The molecule has 3 nitrogen and oxygen atoms in total. The van der Waals surface area contributed by atoms with Crippen LogP contribution >= 0.6 is 0 Å². The molecule has 3 aliphatic carbocycles. The number of hydrogen-bond acceptors (Lipinski definition) is 3. The van der Waals surface area contributed by atoms with Crippen LogP contribution in [0.1, 0.15) is 49.7 Å². The van der Waals surface area contributed by atoms with E-state index < -0.39 is 12.2 Å². The lowest BCUT2D eigenvalue weighted by molar-refractivity contribution is -0.0505. The molecule has 0 radical (unpaired) electrons. The monoisotopic (exact) mass is 288 g/mol. The molecule has 3 N–H and O–H groups in total. The molecular formula is C18H24O3. The minimum Gasteiger partial charge on any atom is -0.508 e. The van der Waals surface area contributed by atoms with Gasteiger partial charge in [0.05, 0.1) is 12.2 Å². The van der Waals surface area contributed by atoms with E-state index in [1.54, 1.807) is 6.07 Å². The molecule has 0 aromatic heterocycles.